The van der Waals surface area contributed by atoms with Gasteiger partial charge in [-0.1, -0.05) is 20.3 Å². The number of hydrogen-bond acceptors (Lipinski definition) is 8. The van der Waals surface area contributed by atoms with Gasteiger partial charge in [0.25, 0.3) is 0 Å². The van der Waals surface area contributed by atoms with Gasteiger partial charge in [-0.05, 0) is 49.2 Å². The standard InChI is InChI=1S/C21H39N5O6S2/c1-5-12(2)17(20(30)25-15(21(31)32)9-11-34-4)26-19(29)14(8-10-33-3)24-18(28)13(22)6-7-16(23)27/h12-15,17H,5-11,22H2,1-4H3,(H2,23,27)(H,24,28)(H,25,30)(H,26,29)(H,31,32). The molecule has 5 unspecified atom stereocenters. The normalized spacial score (nSPS) is 15.3. The number of thioether (sulfide) groups is 2. The molecule has 0 saturated heterocycles. The molecule has 0 radical (unpaired) electrons. The van der Waals surface area contributed by atoms with E-state index in [1.807, 2.05) is 19.4 Å². The maximum absolute atomic E-state index is 13.1. The summed E-state index contributed by atoms with van der Waals surface area (Å²) in [4.78, 5) is 60.9. The summed E-state index contributed by atoms with van der Waals surface area (Å²) in [5, 5.41) is 17.2. The Morgan fingerprint density at radius 3 is 1.85 bits per heavy atom. The number of nitrogens with two attached hydrogens (primary N) is 2. The lowest BCUT2D eigenvalue weighted by atomic mass is 9.97. The highest BCUT2D eigenvalue weighted by atomic mass is 32.2. The van der Waals surface area contributed by atoms with E-state index in [1.54, 1.807) is 6.92 Å². The second-order valence-electron chi connectivity index (χ2n) is 8.01. The minimum absolute atomic E-state index is 0.0442. The van der Waals surface area contributed by atoms with Crippen LogP contribution in [0.5, 0.6) is 0 Å². The van der Waals surface area contributed by atoms with Crippen LogP contribution in [0.2, 0.25) is 0 Å². The summed E-state index contributed by atoms with van der Waals surface area (Å²) < 4.78 is 0. The zero-order valence-corrected chi connectivity index (χ0v) is 21.9. The van der Waals surface area contributed by atoms with Gasteiger partial charge in [-0.25, -0.2) is 4.79 Å². The van der Waals surface area contributed by atoms with E-state index in [-0.39, 0.29) is 25.2 Å². The second kappa shape index (κ2) is 17.4. The molecule has 0 aromatic rings. The third kappa shape index (κ3) is 12.5. The zero-order valence-electron chi connectivity index (χ0n) is 20.3. The number of primary amides is 1. The molecule has 0 fully saturated rings. The summed E-state index contributed by atoms with van der Waals surface area (Å²) >= 11 is 2.95. The Morgan fingerprint density at radius 1 is 0.853 bits per heavy atom. The van der Waals surface area contributed by atoms with Crippen LogP contribution in [0.15, 0.2) is 0 Å². The lowest BCUT2D eigenvalue weighted by molar-refractivity contribution is -0.142. The van der Waals surface area contributed by atoms with Crippen LogP contribution in [-0.2, 0) is 24.0 Å². The Bertz CT molecular complexity index is 697. The van der Waals surface area contributed by atoms with E-state index in [4.69, 9.17) is 11.5 Å². The number of aliphatic carboxylic acids is 1. The van der Waals surface area contributed by atoms with Crippen molar-refractivity contribution in [3.8, 4) is 0 Å². The fraction of sp³-hybridized carbons (Fsp3) is 0.762. The molecule has 0 rings (SSSR count). The molecule has 5 atom stereocenters. The molecule has 0 heterocycles. The largest absolute Gasteiger partial charge is 0.480 e. The molecule has 8 N–H and O–H groups in total. The molecular weight excluding hydrogens is 482 g/mol. The van der Waals surface area contributed by atoms with Crippen LogP contribution < -0.4 is 27.4 Å². The van der Waals surface area contributed by atoms with Crippen LogP contribution in [0.1, 0.15) is 46.0 Å². The number of carboxylic acids is 1. The Balaban J connectivity index is 5.44. The van der Waals surface area contributed by atoms with E-state index in [9.17, 15) is 29.1 Å². The van der Waals surface area contributed by atoms with E-state index < -0.39 is 53.8 Å². The van der Waals surface area contributed by atoms with Crippen molar-refractivity contribution in [2.75, 3.05) is 24.0 Å². The van der Waals surface area contributed by atoms with Gasteiger partial charge in [-0.3, -0.25) is 19.2 Å². The van der Waals surface area contributed by atoms with E-state index in [2.05, 4.69) is 16.0 Å². The number of rotatable bonds is 18. The molecule has 0 spiro atoms. The Labute approximate surface area is 209 Å². The highest BCUT2D eigenvalue weighted by molar-refractivity contribution is 7.98. The van der Waals surface area contributed by atoms with Gasteiger partial charge in [0.1, 0.15) is 18.1 Å². The summed E-state index contributed by atoms with van der Waals surface area (Å²) in [5.41, 5.74) is 10.9. The van der Waals surface area contributed by atoms with E-state index in [0.717, 1.165) is 0 Å². The molecule has 0 aromatic carbocycles. The third-order valence-electron chi connectivity index (χ3n) is 5.30. The van der Waals surface area contributed by atoms with Crippen LogP contribution in [0.3, 0.4) is 0 Å². The van der Waals surface area contributed by atoms with Gasteiger partial charge in [-0.2, -0.15) is 23.5 Å². The lowest BCUT2D eigenvalue weighted by Gasteiger charge is -2.28. The lowest BCUT2D eigenvalue weighted by Crippen LogP contribution is -2.58. The molecule has 0 aliphatic heterocycles. The average molecular weight is 522 g/mol. The molecule has 4 amide bonds. The predicted octanol–water partition coefficient (Wildman–Crippen LogP) is -0.329. The van der Waals surface area contributed by atoms with Crippen molar-refractivity contribution < 1.29 is 29.1 Å². The smallest absolute Gasteiger partial charge is 0.326 e. The van der Waals surface area contributed by atoms with Crippen molar-refractivity contribution in [2.45, 2.75) is 70.1 Å². The molecule has 34 heavy (non-hydrogen) atoms. The summed E-state index contributed by atoms with van der Waals surface area (Å²) in [6.45, 7) is 3.63. The zero-order chi connectivity index (χ0) is 26.3. The third-order valence-corrected chi connectivity index (χ3v) is 6.59. The maximum atomic E-state index is 13.1. The molecule has 0 aromatic heterocycles. The fourth-order valence-electron chi connectivity index (χ4n) is 2.92. The van der Waals surface area contributed by atoms with Crippen LogP contribution in [0.4, 0.5) is 0 Å². The van der Waals surface area contributed by atoms with Crippen molar-refractivity contribution in [1.29, 1.82) is 0 Å². The predicted molar refractivity (Wildman–Crippen MR) is 135 cm³/mol. The summed E-state index contributed by atoms with van der Waals surface area (Å²) in [6, 6.07) is -4.02. The molecule has 13 heteroatoms. The first-order valence-corrected chi connectivity index (χ1v) is 13.9. The summed E-state index contributed by atoms with van der Waals surface area (Å²) in [5.74, 6) is -2.67. The minimum Gasteiger partial charge on any atom is -0.480 e. The fourth-order valence-corrected chi connectivity index (χ4v) is 3.87. The summed E-state index contributed by atoms with van der Waals surface area (Å²) in [6.07, 6.45) is 4.77. The maximum Gasteiger partial charge on any atom is 0.326 e. The van der Waals surface area contributed by atoms with Gasteiger partial charge < -0.3 is 32.5 Å². The first-order chi connectivity index (χ1) is 16.0. The quantitative estimate of drug-likeness (QED) is 0.140. The summed E-state index contributed by atoms with van der Waals surface area (Å²) in [7, 11) is 0. The first-order valence-electron chi connectivity index (χ1n) is 11.1. The van der Waals surface area contributed by atoms with Crippen LogP contribution >= 0.6 is 23.5 Å². The molecule has 0 bridgehead atoms. The number of carbonyl (C=O) groups excluding carboxylic acids is 4. The monoisotopic (exact) mass is 521 g/mol. The van der Waals surface area contributed by atoms with Crippen LogP contribution in [0, 0.1) is 5.92 Å². The Kier molecular flexibility index (Phi) is 16.4. The molecule has 0 aliphatic rings. The molecular formula is C21H39N5O6S2. The number of carboxylic acid groups (broad SMARTS) is 1. The number of nitrogens with one attached hydrogen (secondary N) is 3. The number of carbonyl (C=O) groups is 5. The molecule has 0 aliphatic carbocycles. The van der Waals surface area contributed by atoms with Crippen molar-refractivity contribution in [3.63, 3.8) is 0 Å². The molecule has 196 valence electrons. The van der Waals surface area contributed by atoms with Gasteiger partial charge in [0.2, 0.25) is 23.6 Å². The van der Waals surface area contributed by atoms with Gasteiger partial charge in [0.15, 0.2) is 0 Å². The number of hydrogen-bond donors (Lipinski definition) is 6. The van der Waals surface area contributed by atoms with E-state index >= 15 is 0 Å². The Morgan fingerprint density at radius 2 is 1.38 bits per heavy atom. The van der Waals surface area contributed by atoms with Crippen LogP contribution in [0.25, 0.3) is 0 Å². The highest BCUT2D eigenvalue weighted by Gasteiger charge is 2.32. The topological polar surface area (TPSA) is 194 Å². The minimum atomic E-state index is -1.15. The van der Waals surface area contributed by atoms with E-state index in [0.29, 0.717) is 24.3 Å². The van der Waals surface area contributed by atoms with Gasteiger partial charge in [0, 0.05) is 6.42 Å². The van der Waals surface area contributed by atoms with E-state index in [1.165, 1.54) is 23.5 Å². The average Bonchev–Trinajstić information content (AvgIpc) is 2.79. The van der Waals surface area contributed by atoms with Gasteiger partial charge >= 0.3 is 5.97 Å². The molecule has 11 nitrogen and oxygen atoms in total. The van der Waals surface area contributed by atoms with Crippen molar-refractivity contribution >= 4 is 53.1 Å². The van der Waals surface area contributed by atoms with Crippen molar-refractivity contribution in [1.82, 2.24) is 16.0 Å². The number of amides is 4. The van der Waals surface area contributed by atoms with Crippen molar-refractivity contribution in [3.05, 3.63) is 0 Å². The highest BCUT2D eigenvalue weighted by Crippen LogP contribution is 2.11. The van der Waals surface area contributed by atoms with Gasteiger partial charge in [0.05, 0.1) is 6.04 Å². The first kappa shape index (κ1) is 32.0. The van der Waals surface area contributed by atoms with Crippen LogP contribution in [-0.4, -0.2) is 82.9 Å². The Hall–Kier alpha value is -1.99. The SMILES string of the molecule is CCC(C)C(NC(=O)C(CCSC)NC(=O)C(N)CCC(N)=O)C(=O)NC(CCSC)C(=O)O. The molecule has 0 saturated carbocycles. The van der Waals surface area contributed by atoms with Gasteiger partial charge in [-0.15, -0.1) is 0 Å². The second-order valence-corrected chi connectivity index (χ2v) is 9.98. The van der Waals surface area contributed by atoms with Crippen molar-refractivity contribution in [2.24, 2.45) is 17.4 Å².